The summed E-state index contributed by atoms with van der Waals surface area (Å²) in [5.74, 6) is 0.200. The number of aryl methyl sites for hydroxylation is 1. The molecule has 4 nitrogen and oxygen atoms in total. The lowest BCUT2D eigenvalue weighted by Crippen LogP contribution is -2.39. The van der Waals surface area contributed by atoms with Gasteiger partial charge in [-0.15, -0.1) is 0 Å². The molecule has 4 heteroatoms. The van der Waals surface area contributed by atoms with E-state index in [2.05, 4.69) is 36.6 Å². The van der Waals surface area contributed by atoms with E-state index >= 15 is 0 Å². The van der Waals surface area contributed by atoms with Gasteiger partial charge in [-0.05, 0) is 44.5 Å². The fourth-order valence-corrected chi connectivity index (χ4v) is 2.80. The Morgan fingerprint density at radius 1 is 1.24 bits per heavy atom. The first-order valence-corrected chi connectivity index (χ1v) is 7.84. The van der Waals surface area contributed by atoms with Gasteiger partial charge in [0.25, 0.3) is 0 Å². The maximum atomic E-state index is 12.4. The first-order valence-electron chi connectivity index (χ1n) is 7.84. The van der Waals surface area contributed by atoms with Crippen molar-refractivity contribution in [2.75, 3.05) is 50.8 Å². The SMILES string of the molecule is CCN(CC)c1ccc(C(=O)CN2CCOCC2)cc1C. The smallest absolute Gasteiger partial charge is 0.176 e. The van der Waals surface area contributed by atoms with Crippen LogP contribution in [0.1, 0.15) is 29.8 Å². The summed E-state index contributed by atoms with van der Waals surface area (Å²) < 4.78 is 5.31. The molecule has 0 saturated carbocycles. The molecule has 0 spiro atoms. The van der Waals surface area contributed by atoms with Crippen LogP contribution >= 0.6 is 0 Å². The summed E-state index contributed by atoms with van der Waals surface area (Å²) in [7, 11) is 0. The van der Waals surface area contributed by atoms with Crippen LogP contribution in [0.4, 0.5) is 5.69 Å². The Balaban J connectivity index is 2.06. The van der Waals surface area contributed by atoms with Gasteiger partial charge in [0, 0.05) is 37.4 Å². The number of carbonyl (C=O) groups excluding carboxylic acids is 1. The molecule has 1 aliphatic heterocycles. The molecule has 1 aromatic rings. The second-order valence-corrected chi connectivity index (χ2v) is 5.49. The molecule has 116 valence electrons. The van der Waals surface area contributed by atoms with Crippen LogP contribution in [0.3, 0.4) is 0 Å². The number of morpholine rings is 1. The molecule has 0 aliphatic carbocycles. The molecule has 1 saturated heterocycles. The van der Waals surface area contributed by atoms with Crippen molar-refractivity contribution in [2.45, 2.75) is 20.8 Å². The van der Waals surface area contributed by atoms with E-state index in [4.69, 9.17) is 4.74 Å². The van der Waals surface area contributed by atoms with Crippen LogP contribution in [-0.4, -0.2) is 56.6 Å². The van der Waals surface area contributed by atoms with E-state index in [-0.39, 0.29) is 5.78 Å². The van der Waals surface area contributed by atoms with Crippen LogP contribution in [0.2, 0.25) is 0 Å². The van der Waals surface area contributed by atoms with E-state index in [0.717, 1.165) is 45.0 Å². The zero-order chi connectivity index (χ0) is 15.2. The molecule has 1 heterocycles. The zero-order valence-corrected chi connectivity index (χ0v) is 13.4. The van der Waals surface area contributed by atoms with E-state index in [1.807, 2.05) is 12.1 Å². The molecule has 0 amide bonds. The first kappa shape index (κ1) is 16.0. The number of carbonyl (C=O) groups is 1. The van der Waals surface area contributed by atoms with E-state index in [1.54, 1.807) is 0 Å². The maximum absolute atomic E-state index is 12.4. The molecule has 0 unspecified atom stereocenters. The third-order valence-electron chi connectivity index (χ3n) is 4.09. The standard InChI is InChI=1S/C17H26N2O2/c1-4-19(5-2)16-7-6-15(12-14(16)3)17(20)13-18-8-10-21-11-9-18/h6-7,12H,4-5,8-11,13H2,1-3H3. The largest absolute Gasteiger partial charge is 0.379 e. The van der Waals surface area contributed by atoms with Crippen molar-refractivity contribution in [2.24, 2.45) is 0 Å². The third kappa shape index (κ3) is 4.05. The number of nitrogens with zero attached hydrogens (tertiary/aromatic N) is 2. The molecule has 0 bridgehead atoms. The van der Waals surface area contributed by atoms with Crippen molar-refractivity contribution < 1.29 is 9.53 Å². The number of ketones is 1. The Hall–Kier alpha value is -1.39. The van der Waals surface area contributed by atoms with Gasteiger partial charge < -0.3 is 9.64 Å². The van der Waals surface area contributed by atoms with Gasteiger partial charge in [0.15, 0.2) is 5.78 Å². The fraction of sp³-hybridized carbons (Fsp3) is 0.588. The van der Waals surface area contributed by atoms with Crippen LogP contribution in [0, 0.1) is 6.92 Å². The molecule has 0 radical (unpaired) electrons. The minimum absolute atomic E-state index is 0.200. The summed E-state index contributed by atoms with van der Waals surface area (Å²) in [5.41, 5.74) is 3.21. The number of anilines is 1. The van der Waals surface area contributed by atoms with E-state index in [1.165, 1.54) is 11.3 Å². The summed E-state index contributed by atoms with van der Waals surface area (Å²) in [6.07, 6.45) is 0. The number of rotatable bonds is 6. The minimum atomic E-state index is 0.200. The minimum Gasteiger partial charge on any atom is -0.379 e. The molecule has 1 aromatic carbocycles. The lowest BCUT2D eigenvalue weighted by atomic mass is 10.0. The average Bonchev–Trinajstić information content (AvgIpc) is 2.51. The second kappa shape index (κ2) is 7.57. The highest BCUT2D eigenvalue weighted by molar-refractivity contribution is 5.98. The monoisotopic (exact) mass is 290 g/mol. The van der Waals surface area contributed by atoms with Crippen molar-refractivity contribution in [3.8, 4) is 0 Å². The first-order chi connectivity index (χ1) is 10.2. The quantitative estimate of drug-likeness (QED) is 0.753. The lowest BCUT2D eigenvalue weighted by Gasteiger charge is -2.26. The number of benzene rings is 1. The topological polar surface area (TPSA) is 32.8 Å². The zero-order valence-electron chi connectivity index (χ0n) is 13.4. The summed E-state index contributed by atoms with van der Waals surface area (Å²) in [6.45, 7) is 12.0. The second-order valence-electron chi connectivity index (χ2n) is 5.49. The maximum Gasteiger partial charge on any atom is 0.176 e. The molecular weight excluding hydrogens is 264 g/mol. The molecule has 1 aliphatic rings. The van der Waals surface area contributed by atoms with Crippen molar-refractivity contribution in [3.63, 3.8) is 0 Å². The molecule has 21 heavy (non-hydrogen) atoms. The molecular formula is C17H26N2O2. The van der Waals surface area contributed by atoms with Crippen molar-refractivity contribution in [1.29, 1.82) is 0 Å². The number of Topliss-reactive ketones (excluding diaryl/α,β-unsaturated/α-hetero) is 1. The summed E-state index contributed by atoms with van der Waals surface area (Å²) in [6, 6.07) is 6.06. The Bertz CT molecular complexity index is 478. The predicted molar refractivity (Wildman–Crippen MR) is 86.3 cm³/mol. The summed E-state index contributed by atoms with van der Waals surface area (Å²) in [5, 5.41) is 0. The average molecular weight is 290 g/mol. The van der Waals surface area contributed by atoms with Crippen LogP contribution < -0.4 is 4.90 Å². The van der Waals surface area contributed by atoms with Gasteiger partial charge in [0.05, 0.1) is 19.8 Å². The fourth-order valence-electron chi connectivity index (χ4n) is 2.80. The Labute approximate surface area is 127 Å². The molecule has 0 N–H and O–H groups in total. The Morgan fingerprint density at radius 2 is 1.90 bits per heavy atom. The van der Waals surface area contributed by atoms with Gasteiger partial charge in [-0.1, -0.05) is 0 Å². The molecule has 1 fully saturated rings. The highest BCUT2D eigenvalue weighted by Crippen LogP contribution is 2.21. The van der Waals surface area contributed by atoms with Gasteiger partial charge in [0.2, 0.25) is 0 Å². The van der Waals surface area contributed by atoms with Crippen molar-refractivity contribution in [1.82, 2.24) is 4.90 Å². The molecule has 0 aromatic heterocycles. The van der Waals surface area contributed by atoms with Gasteiger partial charge in [-0.3, -0.25) is 9.69 Å². The molecule has 0 atom stereocenters. The van der Waals surface area contributed by atoms with Gasteiger partial charge in [0.1, 0.15) is 0 Å². The Kier molecular flexibility index (Phi) is 5.76. The normalized spacial score (nSPS) is 16.0. The van der Waals surface area contributed by atoms with E-state index in [0.29, 0.717) is 6.54 Å². The summed E-state index contributed by atoms with van der Waals surface area (Å²) >= 11 is 0. The highest BCUT2D eigenvalue weighted by Gasteiger charge is 2.16. The van der Waals surface area contributed by atoms with Crippen LogP contribution in [-0.2, 0) is 4.74 Å². The lowest BCUT2D eigenvalue weighted by molar-refractivity contribution is 0.0371. The summed E-state index contributed by atoms with van der Waals surface area (Å²) in [4.78, 5) is 16.9. The van der Waals surface area contributed by atoms with E-state index in [9.17, 15) is 4.79 Å². The predicted octanol–water partition coefficient (Wildman–Crippen LogP) is 2.36. The molecule has 2 rings (SSSR count). The number of ether oxygens (including phenoxy) is 1. The van der Waals surface area contributed by atoms with Crippen LogP contribution in [0.25, 0.3) is 0 Å². The van der Waals surface area contributed by atoms with Crippen molar-refractivity contribution >= 4 is 11.5 Å². The van der Waals surface area contributed by atoms with Crippen LogP contribution in [0.15, 0.2) is 18.2 Å². The van der Waals surface area contributed by atoms with Gasteiger partial charge >= 0.3 is 0 Å². The number of hydrogen-bond donors (Lipinski definition) is 0. The van der Waals surface area contributed by atoms with Crippen LogP contribution in [0.5, 0.6) is 0 Å². The third-order valence-corrected chi connectivity index (χ3v) is 4.09. The van der Waals surface area contributed by atoms with Gasteiger partial charge in [-0.25, -0.2) is 0 Å². The van der Waals surface area contributed by atoms with Crippen molar-refractivity contribution in [3.05, 3.63) is 29.3 Å². The van der Waals surface area contributed by atoms with E-state index < -0.39 is 0 Å². The number of hydrogen-bond acceptors (Lipinski definition) is 4. The van der Waals surface area contributed by atoms with Gasteiger partial charge in [-0.2, -0.15) is 0 Å². The Morgan fingerprint density at radius 3 is 2.48 bits per heavy atom. The highest BCUT2D eigenvalue weighted by atomic mass is 16.5.